The van der Waals surface area contributed by atoms with Crippen molar-refractivity contribution in [2.45, 2.75) is 25.0 Å². The van der Waals surface area contributed by atoms with Crippen molar-refractivity contribution in [2.75, 3.05) is 11.4 Å². The van der Waals surface area contributed by atoms with E-state index >= 15 is 0 Å². The van der Waals surface area contributed by atoms with E-state index in [1.165, 1.54) is 22.0 Å². The third-order valence-electron chi connectivity index (χ3n) is 4.91. The minimum atomic E-state index is -0.269. The zero-order valence-corrected chi connectivity index (χ0v) is 13.1. The molecule has 1 saturated heterocycles. The molecule has 2 unspecified atom stereocenters. The van der Waals surface area contributed by atoms with Crippen molar-refractivity contribution < 1.29 is 5.11 Å². The van der Waals surface area contributed by atoms with E-state index in [9.17, 15) is 5.11 Å². The molecule has 2 atom stereocenters. The molecule has 1 heterocycles. The zero-order chi connectivity index (χ0) is 15.6. The first-order valence-electron chi connectivity index (χ1n) is 8.29. The summed E-state index contributed by atoms with van der Waals surface area (Å²) >= 11 is 0. The molecule has 0 bridgehead atoms. The average molecular weight is 303 g/mol. The lowest BCUT2D eigenvalue weighted by atomic mass is 9.96. The van der Waals surface area contributed by atoms with Crippen molar-refractivity contribution in [1.29, 1.82) is 0 Å². The Morgan fingerprint density at radius 2 is 1.61 bits per heavy atom. The summed E-state index contributed by atoms with van der Waals surface area (Å²) in [6, 6.07) is 25.5. The highest BCUT2D eigenvalue weighted by Gasteiger charge is 2.33. The quantitative estimate of drug-likeness (QED) is 0.790. The molecular formula is C21H21NO. The minimum absolute atomic E-state index is 0.142. The molecule has 0 radical (unpaired) electrons. The van der Waals surface area contributed by atoms with Crippen LogP contribution in [0.4, 0.5) is 5.69 Å². The molecule has 3 aromatic carbocycles. The average Bonchev–Trinajstić information content (AvgIpc) is 2.97. The molecule has 116 valence electrons. The van der Waals surface area contributed by atoms with Gasteiger partial charge in [0.1, 0.15) is 0 Å². The second kappa shape index (κ2) is 6.05. The smallest absolute Gasteiger partial charge is 0.0763 e. The van der Waals surface area contributed by atoms with Crippen LogP contribution in [-0.4, -0.2) is 23.8 Å². The highest BCUT2D eigenvalue weighted by molar-refractivity contribution is 5.85. The van der Waals surface area contributed by atoms with Gasteiger partial charge in [-0.05, 0) is 41.3 Å². The maximum absolute atomic E-state index is 10.5. The summed E-state index contributed by atoms with van der Waals surface area (Å²) in [6.07, 6.45) is 1.44. The van der Waals surface area contributed by atoms with Crippen LogP contribution in [0.1, 0.15) is 12.0 Å². The topological polar surface area (TPSA) is 23.5 Å². The van der Waals surface area contributed by atoms with Gasteiger partial charge in [-0.2, -0.15) is 0 Å². The van der Waals surface area contributed by atoms with Crippen molar-refractivity contribution in [3.05, 3.63) is 78.4 Å². The summed E-state index contributed by atoms with van der Waals surface area (Å²) < 4.78 is 0. The summed E-state index contributed by atoms with van der Waals surface area (Å²) in [7, 11) is 0. The van der Waals surface area contributed by atoms with Gasteiger partial charge in [0.25, 0.3) is 0 Å². The van der Waals surface area contributed by atoms with Gasteiger partial charge in [-0.15, -0.1) is 0 Å². The highest BCUT2D eigenvalue weighted by atomic mass is 16.3. The molecule has 1 aliphatic heterocycles. The monoisotopic (exact) mass is 303 g/mol. The van der Waals surface area contributed by atoms with Gasteiger partial charge >= 0.3 is 0 Å². The number of hydrogen-bond acceptors (Lipinski definition) is 2. The van der Waals surface area contributed by atoms with E-state index in [0.29, 0.717) is 0 Å². The van der Waals surface area contributed by atoms with E-state index in [1.807, 2.05) is 6.07 Å². The lowest BCUT2D eigenvalue weighted by molar-refractivity contribution is 0.164. The van der Waals surface area contributed by atoms with Gasteiger partial charge < -0.3 is 10.0 Å². The summed E-state index contributed by atoms with van der Waals surface area (Å²) in [5.74, 6) is 0. The maximum atomic E-state index is 10.5. The number of para-hydroxylation sites is 1. The second-order valence-corrected chi connectivity index (χ2v) is 6.29. The van der Waals surface area contributed by atoms with Crippen LogP contribution >= 0.6 is 0 Å². The predicted octanol–water partition coefficient (Wildman–Crippen LogP) is 4.02. The number of aliphatic hydroxyl groups is 1. The largest absolute Gasteiger partial charge is 0.391 e. The fraction of sp³-hybridized carbons (Fsp3) is 0.238. The number of rotatable bonds is 3. The summed E-state index contributed by atoms with van der Waals surface area (Å²) in [5.41, 5.74) is 2.52. The van der Waals surface area contributed by atoms with E-state index in [0.717, 1.165) is 19.4 Å². The van der Waals surface area contributed by atoms with Gasteiger partial charge in [0.05, 0.1) is 12.1 Å². The maximum Gasteiger partial charge on any atom is 0.0763 e. The third kappa shape index (κ3) is 2.71. The van der Waals surface area contributed by atoms with E-state index in [4.69, 9.17) is 0 Å². The molecule has 0 amide bonds. The molecule has 1 N–H and O–H groups in total. The number of hydrogen-bond donors (Lipinski definition) is 1. The fourth-order valence-corrected chi connectivity index (χ4v) is 3.72. The Morgan fingerprint density at radius 3 is 2.48 bits per heavy atom. The molecule has 0 spiro atoms. The molecule has 1 fully saturated rings. The molecule has 3 aromatic rings. The van der Waals surface area contributed by atoms with E-state index < -0.39 is 0 Å². The van der Waals surface area contributed by atoms with Gasteiger partial charge in [-0.1, -0.05) is 60.7 Å². The molecule has 0 aliphatic carbocycles. The molecule has 0 saturated carbocycles. The number of anilines is 1. The van der Waals surface area contributed by atoms with Crippen LogP contribution in [0.2, 0.25) is 0 Å². The Balaban J connectivity index is 1.68. The Kier molecular flexibility index (Phi) is 3.76. The Bertz CT molecular complexity index is 794. The first kappa shape index (κ1) is 14.3. The van der Waals surface area contributed by atoms with Gasteiger partial charge in [0, 0.05) is 12.2 Å². The standard InChI is InChI=1S/C21H21NO/c23-21-13-14-22(18-10-2-1-3-11-18)20(21)15-17-9-6-8-16-7-4-5-12-19(16)17/h1-12,20-21,23H,13-15H2. The Morgan fingerprint density at radius 1 is 0.870 bits per heavy atom. The van der Waals surface area contributed by atoms with Crippen molar-refractivity contribution in [3.8, 4) is 0 Å². The lowest BCUT2D eigenvalue weighted by Gasteiger charge is -2.28. The van der Waals surface area contributed by atoms with E-state index in [-0.39, 0.29) is 12.1 Å². The van der Waals surface area contributed by atoms with Crippen molar-refractivity contribution in [3.63, 3.8) is 0 Å². The van der Waals surface area contributed by atoms with E-state index in [1.54, 1.807) is 0 Å². The number of nitrogens with zero attached hydrogens (tertiary/aromatic N) is 1. The predicted molar refractivity (Wildman–Crippen MR) is 95.9 cm³/mol. The van der Waals surface area contributed by atoms with Crippen LogP contribution in [0, 0.1) is 0 Å². The molecule has 2 heteroatoms. The van der Waals surface area contributed by atoms with Crippen LogP contribution < -0.4 is 4.90 Å². The molecule has 1 aliphatic rings. The normalized spacial score (nSPS) is 21.0. The zero-order valence-electron chi connectivity index (χ0n) is 13.1. The van der Waals surface area contributed by atoms with Crippen molar-refractivity contribution in [2.24, 2.45) is 0 Å². The SMILES string of the molecule is OC1CCN(c2ccccc2)C1Cc1cccc2ccccc12. The molecule has 2 nitrogen and oxygen atoms in total. The van der Waals surface area contributed by atoms with Crippen LogP contribution in [0.3, 0.4) is 0 Å². The van der Waals surface area contributed by atoms with Gasteiger partial charge in [0.2, 0.25) is 0 Å². The lowest BCUT2D eigenvalue weighted by Crippen LogP contribution is -2.37. The third-order valence-corrected chi connectivity index (χ3v) is 4.91. The molecular weight excluding hydrogens is 282 g/mol. The summed E-state index contributed by atoms with van der Waals surface area (Å²) in [5, 5.41) is 13.1. The molecule has 23 heavy (non-hydrogen) atoms. The fourth-order valence-electron chi connectivity index (χ4n) is 3.72. The molecule has 0 aromatic heterocycles. The first-order valence-corrected chi connectivity index (χ1v) is 8.29. The Hall–Kier alpha value is -2.32. The van der Waals surface area contributed by atoms with Crippen LogP contribution in [0.25, 0.3) is 10.8 Å². The van der Waals surface area contributed by atoms with E-state index in [2.05, 4.69) is 71.6 Å². The highest BCUT2D eigenvalue weighted by Crippen LogP contribution is 2.29. The van der Waals surface area contributed by atoms with Gasteiger partial charge in [0.15, 0.2) is 0 Å². The van der Waals surface area contributed by atoms with Crippen LogP contribution in [0.5, 0.6) is 0 Å². The Labute approximate surface area is 137 Å². The van der Waals surface area contributed by atoms with Gasteiger partial charge in [-0.25, -0.2) is 0 Å². The van der Waals surface area contributed by atoms with Gasteiger partial charge in [-0.3, -0.25) is 0 Å². The van der Waals surface area contributed by atoms with Crippen LogP contribution in [0.15, 0.2) is 72.8 Å². The second-order valence-electron chi connectivity index (χ2n) is 6.29. The summed E-state index contributed by atoms with van der Waals surface area (Å²) in [6.45, 7) is 0.917. The van der Waals surface area contributed by atoms with Crippen molar-refractivity contribution in [1.82, 2.24) is 0 Å². The number of benzene rings is 3. The first-order chi connectivity index (χ1) is 11.3. The number of fused-ring (bicyclic) bond motifs is 1. The van der Waals surface area contributed by atoms with Crippen molar-refractivity contribution >= 4 is 16.5 Å². The minimum Gasteiger partial charge on any atom is -0.391 e. The molecule has 4 rings (SSSR count). The van der Waals surface area contributed by atoms with Crippen LogP contribution in [-0.2, 0) is 6.42 Å². The summed E-state index contributed by atoms with van der Waals surface area (Å²) in [4.78, 5) is 2.35. The number of aliphatic hydroxyl groups excluding tert-OH is 1.